The minimum Gasteiger partial charge on any atom is -0.338 e. The molecular formula is C20H22N2O4S. The zero-order valence-electron chi connectivity index (χ0n) is 15.1. The molecule has 2 amide bonds. The van der Waals surface area contributed by atoms with E-state index in [9.17, 15) is 18.0 Å². The highest BCUT2D eigenvalue weighted by molar-refractivity contribution is 7.91. The fourth-order valence-corrected chi connectivity index (χ4v) is 4.36. The van der Waals surface area contributed by atoms with E-state index in [-0.39, 0.29) is 28.9 Å². The highest BCUT2D eigenvalue weighted by atomic mass is 32.2. The van der Waals surface area contributed by atoms with Gasteiger partial charge in [-0.2, -0.15) is 0 Å². The monoisotopic (exact) mass is 386 g/mol. The highest BCUT2D eigenvalue weighted by Crippen LogP contribution is 2.23. The molecule has 3 rings (SSSR count). The molecule has 0 atom stereocenters. The van der Waals surface area contributed by atoms with Gasteiger partial charge in [0.25, 0.3) is 0 Å². The van der Waals surface area contributed by atoms with Crippen LogP contribution in [0.5, 0.6) is 0 Å². The van der Waals surface area contributed by atoms with Gasteiger partial charge in [-0.15, -0.1) is 0 Å². The maximum Gasteiger partial charge on any atom is 0.225 e. The van der Waals surface area contributed by atoms with Gasteiger partial charge in [-0.3, -0.25) is 9.59 Å². The van der Waals surface area contributed by atoms with Crippen molar-refractivity contribution >= 4 is 27.3 Å². The van der Waals surface area contributed by atoms with E-state index in [0.29, 0.717) is 18.8 Å². The number of carbonyl (C=O) groups excluding carboxylic acids is 2. The third-order valence-electron chi connectivity index (χ3n) is 4.65. The Bertz CT molecular complexity index is 955. The van der Waals surface area contributed by atoms with E-state index in [1.807, 2.05) is 18.2 Å². The summed E-state index contributed by atoms with van der Waals surface area (Å²) < 4.78 is 24.5. The van der Waals surface area contributed by atoms with Crippen LogP contribution in [-0.4, -0.2) is 37.4 Å². The molecule has 0 aliphatic carbocycles. The van der Waals surface area contributed by atoms with E-state index in [2.05, 4.69) is 5.32 Å². The lowest BCUT2D eigenvalue weighted by Crippen LogP contribution is -2.34. The Morgan fingerprint density at radius 3 is 2.52 bits per heavy atom. The molecule has 142 valence electrons. The Balaban J connectivity index is 1.62. The van der Waals surface area contributed by atoms with Gasteiger partial charge in [0.15, 0.2) is 9.84 Å². The Labute approximate surface area is 159 Å². The summed E-state index contributed by atoms with van der Waals surface area (Å²) in [5.41, 5.74) is 2.78. The zero-order chi connectivity index (χ0) is 19.4. The number of anilines is 1. The first kappa shape index (κ1) is 19.1. The molecule has 0 fully saturated rings. The predicted molar refractivity (Wildman–Crippen MR) is 103 cm³/mol. The van der Waals surface area contributed by atoms with E-state index in [1.165, 1.54) is 12.1 Å². The second-order valence-corrected chi connectivity index (χ2v) is 8.71. The van der Waals surface area contributed by atoms with E-state index in [1.54, 1.807) is 30.0 Å². The van der Waals surface area contributed by atoms with Gasteiger partial charge >= 0.3 is 0 Å². The lowest BCUT2D eigenvalue weighted by Gasteiger charge is -2.28. The summed E-state index contributed by atoms with van der Waals surface area (Å²) in [6.07, 6.45) is 0.673. The molecule has 0 saturated heterocycles. The summed E-state index contributed by atoms with van der Waals surface area (Å²) >= 11 is 0. The number of hydrogen-bond donors (Lipinski definition) is 1. The predicted octanol–water partition coefficient (Wildman–Crippen LogP) is 2.39. The van der Waals surface area contributed by atoms with Crippen LogP contribution in [0.3, 0.4) is 0 Å². The second-order valence-electron chi connectivity index (χ2n) is 6.60. The number of nitrogens with zero attached hydrogens (tertiary/aromatic N) is 1. The van der Waals surface area contributed by atoms with Crippen molar-refractivity contribution in [1.82, 2.24) is 4.90 Å². The van der Waals surface area contributed by atoms with E-state index in [4.69, 9.17) is 0 Å². The summed E-state index contributed by atoms with van der Waals surface area (Å²) in [6, 6.07) is 13.7. The summed E-state index contributed by atoms with van der Waals surface area (Å²) in [5, 5.41) is 2.75. The Kier molecular flexibility index (Phi) is 5.60. The Morgan fingerprint density at radius 2 is 1.81 bits per heavy atom. The molecule has 6 nitrogen and oxygen atoms in total. The second kappa shape index (κ2) is 7.92. The van der Waals surface area contributed by atoms with E-state index < -0.39 is 9.84 Å². The molecule has 2 aromatic rings. The van der Waals surface area contributed by atoms with Crippen molar-refractivity contribution in [2.75, 3.05) is 17.6 Å². The first-order valence-electron chi connectivity index (χ1n) is 8.80. The first-order valence-corrected chi connectivity index (χ1v) is 10.5. The molecule has 1 aliphatic heterocycles. The summed E-state index contributed by atoms with van der Waals surface area (Å²) in [4.78, 5) is 25.7. The lowest BCUT2D eigenvalue weighted by molar-refractivity contribution is -0.129. The van der Waals surface area contributed by atoms with Crippen molar-refractivity contribution in [2.45, 2.75) is 31.2 Å². The molecule has 0 saturated carbocycles. The molecule has 0 radical (unpaired) electrons. The number of carbonyl (C=O) groups is 2. The molecule has 2 aromatic carbocycles. The molecular weight excluding hydrogens is 364 g/mol. The van der Waals surface area contributed by atoms with Crippen molar-refractivity contribution in [3.8, 4) is 0 Å². The summed E-state index contributed by atoms with van der Waals surface area (Å²) in [6.45, 7) is 2.77. The van der Waals surface area contributed by atoms with E-state index in [0.717, 1.165) is 17.5 Å². The molecule has 1 N–H and O–H groups in total. The standard InChI is InChI=1S/C20H22N2O4S/c1-15(23)22-11-9-16-7-8-18(13-17(16)14-22)21-20(24)10-12-27(25,26)19-5-3-2-4-6-19/h2-8,13H,9-12,14H2,1H3,(H,21,24). The van der Waals surface area contributed by atoms with Crippen LogP contribution in [0.15, 0.2) is 53.4 Å². The molecule has 27 heavy (non-hydrogen) atoms. The van der Waals surface area contributed by atoms with Crippen molar-refractivity contribution in [1.29, 1.82) is 0 Å². The molecule has 1 aliphatic rings. The van der Waals surface area contributed by atoms with Gasteiger partial charge in [0.1, 0.15) is 0 Å². The molecule has 0 unspecified atom stereocenters. The van der Waals surface area contributed by atoms with Gasteiger partial charge in [0.2, 0.25) is 11.8 Å². The highest BCUT2D eigenvalue weighted by Gasteiger charge is 2.19. The maximum atomic E-state index is 12.3. The average Bonchev–Trinajstić information content (AvgIpc) is 2.66. The molecule has 0 aromatic heterocycles. The quantitative estimate of drug-likeness (QED) is 0.855. The van der Waals surface area contributed by atoms with E-state index >= 15 is 0 Å². The van der Waals surface area contributed by atoms with Crippen molar-refractivity contribution in [3.63, 3.8) is 0 Å². The molecule has 1 heterocycles. The number of nitrogens with one attached hydrogen (secondary N) is 1. The van der Waals surface area contributed by atoms with Crippen LogP contribution < -0.4 is 5.32 Å². The van der Waals surface area contributed by atoms with Crippen LogP contribution in [-0.2, 0) is 32.4 Å². The van der Waals surface area contributed by atoms with Gasteiger partial charge in [-0.05, 0) is 41.8 Å². The Hall–Kier alpha value is -2.67. The minimum absolute atomic E-state index is 0.0289. The molecule has 7 heteroatoms. The molecule has 0 bridgehead atoms. The van der Waals surface area contributed by atoms with Crippen LogP contribution in [0.1, 0.15) is 24.5 Å². The Morgan fingerprint density at radius 1 is 1.07 bits per heavy atom. The number of amides is 2. The van der Waals surface area contributed by atoms with Gasteiger partial charge in [0.05, 0.1) is 10.6 Å². The first-order chi connectivity index (χ1) is 12.8. The number of fused-ring (bicyclic) bond motifs is 1. The third kappa shape index (κ3) is 4.74. The van der Waals surface area contributed by atoms with Crippen molar-refractivity contribution < 1.29 is 18.0 Å². The number of rotatable bonds is 5. The smallest absolute Gasteiger partial charge is 0.225 e. The van der Waals surface area contributed by atoms with Crippen LogP contribution in [0.4, 0.5) is 5.69 Å². The number of sulfone groups is 1. The third-order valence-corrected chi connectivity index (χ3v) is 6.38. The fraction of sp³-hybridized carbons (Fsp3) is 0.300. The van der Waals surface area contributed by atoms with Crippen LogP contribution >= 0.6 is 0 Å². The van der Waals surface area contributed by atoms with Crippen molar-refractivity contribution in [3.05, 3.63) is 59.7 Å². The molecule has 0 spiro atoms. The van der Waals surface area contributed by atoms with Gasteiger partial charge in [0, 0.05) is 32.1 Å². The zero-order valence-corrected chi connectivity index (χ0v) is 16.0. The van der Waals surface area contributed by atoms with Crippen LogP contribution in [0.2, 0.25) is 0 Å². The largest absolute Gasteiger partial charge is 0.338 e. The maximum absolute atomic E-state index is 12.3. The van der Waals surface area contributed by atoms with Gasteiger partial charge < -0.3 is 10.2 Å². The van der Waals surface area contributed by atoms with Gasteiger partial charge in [-0.25, -0.2) is 8.42 Å². The number of benzene rings is 2. The van der Waals surface area contributed by atoms with Crippen LogP contribution in [0, 0.1) is 0 Å². The normalized spacial score (nSPS) is 13.7. The lowest BCUT2D eigenvalue weighted by atomic mass is 9.99. The van der Waals surface area contributed by atoms with Crippen LogP contribution in [0.25, 0.3) is 0 Å². The fourth-order valence-electron chi connectivity index (χ4n) is 3.10. The minimum atomic E-state index is -3.48. The van der Waals surface area contributed by atoms with Gasteiger partial charge in [-0.1, -0.05) is 24.3 Å². The summed E-state index contributed by atoms with van der Waals surface area (Å²) in [7, 11) is -3.48. The average molecular weight is 386 g/mol. The van der Waals surface area contributed by atoms with Crippen molar-refractivity contribution in [2.24, 2.45) is 0 Å². The SMILES string of the molecule is CC(=O)N1CCc2ccc(NC(=O)CCS(=O)(=O)c3ccccc3)cc2C1. The topological polar surface area (TPSA) is 83.6 Å². The summed E-state index contributed by atoms with van der Waals surface area (Å²) in [5.74, 6) is -0.568. The number of hydrogen-bond acceptors (Lipinski definition) is 4.